The van der Waals surface area contributed by atoms with Crippen LogP contribution in [0.2, 0.25) is 0 Å². The Morgan fingerprint density at radius 1 is 1.42 bits per heavy atom. The number of nitrogens with zero attached hydrogens (tertiary/aromatic N) is 1. The summed E-state index contributed by atoms with van der Waals surface area (Å²) in [5, 5.41) is 2.84. The van der Waals surface area contributed by atoms with Gasteiger partial charge in [-0.25, -0.2) is 4.39 Å². The Labute approximate surface area is 110 Å². The maximum Gasteiger partial charge on any atom is 0.225 e. The molecule has 2 unspecified atom stereocenters. The van der Waals surface area contributed by atoms with Crippen molar-refractivity contribution in [3.63, 3.8) is 0 Å². The van der Waals surface area contributed by atoms with Crippen LogP contribution in [0.4, 0.5) is 10.1 Å². The van der Waals surface area contributed by atoms with Gasteiger partial charge in [-0.1, -0.05) is 0 Å². The van der Waals surface area contributed by atoms with E-state index < -0.39 is 5.82 Å². The SMILES string of the molecule is O=Cc1ccc(N2CCCC3C(=O)NCC32)c(F)c1. The summed E-state index contributed by atoms with van der Waals surface area (Å²) >= 11 is 0. The van der Waals surface area contributed by atoms with Gasteiger partial charge in [0.1, 0.15) is 12.1 Å². The highest BCUT2D eigenvalue weighted by Crippen LogP contribution is 2.33. The lowest BCUT2D eigenvalue weighted by Gasteiger charge is -2.37. The minimum absolute atomic E-state index is 0.0258. The Balaban J connectivity index is 1.93. The quantitative estimate of drug-likeness (QED) is 0.819. The number of benzene rings is 1. The molecule has 2 saturated heterocycles. The fraction of sp³-hybridized carbons (Fsp3) is 0.429. The lowest BCUT2D eigenvalue weighted by molar-refractivity contribution is -0.123. The van der Waals surface area contributed by atoms with E-state index in [1.54, 1.807) is 12.1 Å². The monoisotopic (exact) mass is 262 g/mol. The summed E-state index contributed by atoms with van der Waals surface area (Å²) < 4.78 is 14.1. The maximum atomic E-state index is 14.1. The normalized spacial score (nSPS) is 25.9. The third kappa shape index (κ3) is 1.99. The summed E-state index contributed by atoms with van der Waals surface area (Å²) in [6, 6.07) is 4.51. The lowest BCUT2D eigenvalue weighted by Crippen LogP contribution is -2.46. The summed E-state index contributed by atoms with van der Waals surface area (Å²) in [6.07, 6.45) is 2.37. The average Bonchev–Trinajstić information content (AvgIpc) is 2.81. The van der Waals surface area contributed by atoms with Gasteiger partial charge in [-0.2, -0.15) is 0 Å². The molecule has 4 nitrogen and oxygen atoms in total. The number of carbonyl (C=O) groups is 2. The molecule has 2 aliphatic heterocycles. The van der Waals surface area contributed by atoms with E-state index in [2.05, 4.69) is 5.32 Å². The van der Waals surface area contributed by atoms with E-state index in [1.165, 1.54) is 6.07 Å². The molecule has 19 heavy (non-hydrogen) atoms. The van der Waals surface area contributed by atoms with E-state index in [1.807, 2.05) is 4.90 Å². The highest BCUT2D eigenvalue weighted by Gasteiger charge is 2.41. The molecule has 2 heterocycles. The Hall–Kier alpha value is -1.91. The fourth-order valence-corrected chi connectivity index (χ4v) is 3.08. The zero-order valence-electron chi connectivity index (χ0n) is 10.4. The van der Waals surface area contributed by atoms with Gasteiger partial charge in [0.15, 0.2) is 0 Å². The van der Waals surface area contributed by atoms with Crippen molar-refractivity contribution in [2.75, 3.05) is 18.0 Å². The first-order chi connectivity index (χ1) is 9.20. The number of rotatable bonds is 2. The van der Waals surface area contributed by atoms with E-state index in [0.29, 0.717) is 24.1 Å². The van der Waals surface area contributed by atoms with Gasteiger partial charge in [-0.05, 0) is 31.0 Å². The third-order valence-electron chi connectivity index (χ3n) is 4.02. The Morgan fingerprint density at radius 3 is 3.00 bits per heavy atom. The Bertz CT molecular complexity index is 532. The van der Waals surface area contributed by atoms with E-state index in [4.69, 9.17) is 0 Å². The van der Waals surface area contributed by atoms with Crippen molar-refractivity contribution in [1.82, 2.24) is 5.32 Å². The predicted octanol–water partition coefficient (Wildman–Crippen LogP) is 1.35. The van der Waals surface area contributed by atoms with Crippen molar-refractivity contribution < 1.29 is 14.0 Å². The maximum absolute atomic E-state index is 14.1. The number of piperidine rings is 1. The number of hydrogen-bond acceptors (Lipinski definition) is 3. The molecule has 0 spiro atoms. The Morgan fingerprint density at radius 2 is 2.26 bits per heavy atom. The summed E-state index contributed by atoms with van der Waals surface area (Å²) in [7, 11) is 0. The largest absolute Gasteiger partial charge is 0.364 e. The smallest absolute Gasteiger partial charge is 0.225 e. The van der Waals surface area contributed by atoms with Crippen LogP contribution in [-0.2, 0) is 4.79 Å². The highest BCUT2D eigenvalue weighted by atomic mass is 19.1. The van der Waals surface area contributed by atoms with Crippen LogP contribution >= 0.6 is 0 Å². The first-order valence-corrected chi connectivity index (χ1v) is 6.50. The van der Waals surface area contributed by atoms with Crippen LogP contribution in [0, 0.1) is 11.7 Å². The molecule has 5 heteroatoms. The van der Waals surface area contributed by atoms with Crippen molar-refractivity contribution in [1.29, 1.82) is 0 Å². The Kier molecular flexibility index (Phi) is 2.97. The van der Waals surface area contributed by atoms with Crippen molar-refractivity contribution >= 4 is 17.9 Å². The number of carbonyl (C=O) groups excluding carboxylic acids is 2. The second-order valence-corrected chi connectivity index (χ2v) is 5.08. The standard InChI is InChI=1S/C14H15FN2O2/c15-11-6-9(8-18)3-4-12(11)17-5-1-2-10-13(17)7-16-14(10)19/h3-4,6,8,10,13H,1-2,5,7H2,(H,16,19). The molecule has 2 aliphatic rings. The summed E-state index contributed by atoms with van der Waals surface area (Å²) in [5.74, 6) is -0.372. The van der Waals surface area contributed by atoms with Gasteiger partial charge >= 0.3 is 0 Å². The van der Waals surface area contributed by atoms with Crippen LogP contribution in [0.15, 0.2) is 18.2 Å². The van der Waals surface area contributed by atoms with Gasteiger partial charge in [0.25, 0.3) is 0 Å². The molecule has 0 aliphatic carbocycles. The number of aldehydes is 1. The highest BCUT2D eigenvalue weighted by molar-refractivity contribution is 5.83. The van der Waals surface area contributed by atoms with Crippen LogP contribution in [-0.4, -0.2) is 31.3 Å². The van der Waals surface area contributed by atoms with Crippen LogP contribution in [0.25, 0.3) is 0 Å². The molecule has 1 aromatic rings. The number of fused-ring (bicyclic) bond motifs is 1. The number of halogens is 1. The summed E-state index contributed by atoms with van der Waals surface area (Å²) in [5.41, 5.74) is 0.812. The van der Waals surface area contributed by atoms with E-state index in [9.17, 15) is 14.0 Å². The van der Waals surface area contributed by atoms with Crippen molar-refractivity contribution in [3.05, 3.63) is 29.6 Å². The minimum Gasteiger partial charge on any atom is -0.364 e. The van der Waals surface area contributed by atoms with Gasteiger partial charge in [-0.3, -0.25) is 9.59 Å². The molecule has 2 atom stereocenters. The molecule has 1 aromatic carbocycles. The zero-order chi connectivity index (χ0) is 13.4. The molecule has 1 N–H and O–H groups in total. The molecule has 0 aromatic heterocycles. The molecular formula is C14H15FN2O2. The van der Waals surface area contributed by atoms with Crippen molar-refractivity contribution in [2.45, 2.75) is 18.9 Å². The summed E-state index contributed by atoms with van der Waals surface area (Å²) in [6.45, 7) is 1.31. The van der Waals surface area contributed by atoms with E-state index in [0.717, 1.165) is 19.4 Å². The first-order valence-electron chi connectivity index (χ1n) is 6.50. The van der Waals surface area contributed by atoms with Gasteiger partial charge < -0.3 is 10.2 Å². The average molecular weight is 262 g/mol. The van der Waals surface area contributed by atoms with Gasteiger partial charge in [-0.15, -0.1) is 0 Å². The molecular weight excluding hydrogens is 247 g/mol. The fourth-order valence-electron chi connectivity index (χ4n) is 3.08. The second kappa shape index (κ2) is 4.64. The molecule has 1 amide bonds. The first kappa shape index (κ1) is 12.1. The number of amides is 1. The number of hydrogen-bond donors (Lipinski definition) is 1. The van der Waals surface area contributed by atoms with Crippen LogP contribution in [0.3, 0.4) is 0 Å². The molecule has 0 radical (unpaired) electrons. The van der Waals surface area contributed by atoms with Crippen LogP contribution < -0.4 is 10.2 Å². The van der Waals surface area contributed by atoms with Crippen LogP contribution in [0.5, 0.6) is 0 Å². The molecule has 100 valence electrons. The van der Waals surface area contributed by atoms with Gasteiger partial charge in [0.05, 0.1) is 17.6 Å². The van der Waals surface area contributed by atoms with Gasteiger partial charge in [0, 0.05) is 18.7 Å². The minimum atomic E-state index is -0.399. The molecule has 0 bridgehead atoms. The lowest BCUT2D eigenvalue weighted by atomic mass is 9.91. The zero-order valence-corrected chi connectivity index (χ0v) is 10.4. The predicted molar refractivity (Wildman–Crippen MR) is 68.7 cm³/mol. The number of nitrogens with one attached hydrogen (secondary N) is 1. The third-order valence-corrected chi connectivity index (χ3v) is 4.02. The van der Waals surface area contributed by atoms with Gasteiger partial charge in [0.2, 0.25) is 5.91 Å². The molecule has 3 rings (SSSR count). The van der Waals surface area contributed by atoms with Crippen molar-refractivity contribution in [2.24, 2.45) is 5.92 Å². The molecule has 0 saturated carbocycles. The van der Waals surface area contributed by atoms with Crippen LogP contribution in [0.1, 0.15) is 23.2 Å². The summed E-state index contributed by atoms with van der Waals surface area (Å²) in [4.78, 5) is 24.3. The van der Waals surface area contributed by atoms with E-state index in [-0.39, 0.29) is 17.9 Å². The number of anilines is 1. The molecule has 2 fully saturated rings. The van der Waals surface area contributed by atoms with Crippen molar-refractivity contribution in [3.8, 4) is 0 Å². The van der Waals surface area contributed by atoms with E-state index >= 15 is 0 Å². The topological polar surface area (TPSA) is 49.4 Å². The second-order valence-electron chi connectivity index (χ2n) is 5.08.